The van der Waals surface area contributed by atoms with E-state index in [9.17, 15) is 0 Å². The quantitative estimate of drug-likeness (QED) is 0.751. The van der Waals surface area contributed by atoms with Crippen LogP contribution in [0.2, 0.25) is 0 Å². The van der Waals surface area contributed by atoms with Gasteiger partial charge in [-0.15, -0.1) is 0 Å². The Labute approximate surface area is 85.3 Å². The SMILES string of the molecule is CCCC1CC1NCc1cnc(C)[nH]1. The summed E-state index contributed by atoms with van der Waals surface area (Å²) >= 11 is 0. The number of hydrogen-bond acceptors (Lipinski definition) is 2. The summed E-state index contributed by atoms with van der Waals surface area (Å²) in [7, 11) is 0. The highest BCUT2D eigenvalue weighted by molar-refractivity contribution is 5.01. The first kappa shape index (κ1) is 9.71. The average molecular weight is 193 g/mol. The Kier molecular flexibility index (Phi) is 2.87. The van der Waals surface area contributed by atoms with Crippen molar-refractivity contribution in [2.75, 3.05) is 0 Å². The molecule has 78 valence electrons. The second-order valence-corrected chi connectivity index (χ2v) is 4.27. The van der Waals surface area contributed by atoms with Crippen molar-refractivity contribution >= 4 is 0 Å². The maximum atomic E-state index is 4.17. The second kappa shape index (κ2) is 4.13. The molecule has 2 unspecified atom stereocenters. The van der Waals surface area contributed by atoms with Crippen molar-refractivity contribution in [2.45, 2.75) is 45.7 Å². The standard InChI is InChI=1S/C11H19N3/c1-3-4-9-5-11(9)13-7-10-6-12-8(2)14-10/h6,9,11,13H,3-5,7H2,1-2H3,(H,12,14). The summed E-state index contributed by atoms with van der Waals surface area (Å²) in [5.41, 5.74) is 1.20. The molecule has 2 N–H and O–H groups in total. The van der Waals surface area contributed by atoms with Crippen molar-refractivity contribution in [2.24, 2.45) is 5.92 Å². The van der Waals surface area contributed by atoms with Gasteiger partial charge in [-0.2, -0.15) is 0 Å². The van der Waals surface area contributed by atoms with Crippen molar-refractivity contribution in [1.29, 1.82) is 0 Å². The van der Waals surface area contributed by atoms with Gasteiger partial charge in [-0.25, -0.2) is 4.98 Å². The van der Waals surface area contributed by atoms with Crippen LogP contribution in [0.5, 0.6) is 0 Å². The number of aryl methyl sites for hydroxylation is 1. The van der Waals surface area contributed by atoms with Crippen LogP contribution in [0.4, 0.5) is 0 Å². The molecule has 2 atom stereocenters. The van der Waals surface area contributed by atoms with Gasteiger partial charge in [-0.05, 0) is 25.7 Å². The summed E-state index contributed by atoms with van der Waals surface area (Å²) in [4.78, 5) is 7.41. The summed E-state index contributed by atoms with van der Waals surface area (Å²) in [6.45, 7) is 5.18. The second-order valence-electron chi connectivity index (χ2n) is 4.27. The number of aromatic nitrogens is 2. The molecule has 1 heterocycles. The van der Waals surface area contributed by atoms with Crippen LogP contribution in [-0.2, 0) is 6.54 Å². The molecule has 0 saturated heterocycles. The van der Waals surface area contributed by atoms with Crippen LogP contribution in [0.25, 0.3) is 0 Å². The highest BCUT2D eigenvalue weighted by Crippen LogP contribution is 2.34. The maximum absolute atomic E-state index is 4.17. The largest absolute Gasteiger partial charge is 0.345 e. The van der Waals surface area contributed by atoms with E-state index in [1.807, 2.05) is 13.1 Å². The normalized spacial score (nSPS) is 25.3. The molecular formula is C11H19N3. The first-order valence-electron chi connectivity index (χ1n) is 5.53. The number of nitrogens with one attached hydrogen (secondary N) is 2. The highest BCUT2D eigenvalue weighted by atomic mass is 15.0. The zero-order chi connectivity index (χ0) is 9.97. The molecule has 1 aliphatic carbocycles. The van der Waals surface area contributed by atoms with E-state index in [0.29, 0.717) is 0 Å². The van der Waals surface area contributed by atoms with Gasteiger partial charge in [0.2, 0.25) is 0 Å². The van der Waals surface area contributed by atoms with Crippen molar-refractivity contribution in [3.05, 3.63) is 17.7 Å². The average Bonchev–Trinajstić information content (AvgIpc) is 2.77. The molecule has 0 amide bonds. The Hall–Kier alpha value is -0.830. The summed E-state index contributed by atoms with van der Waals surface area (Å²) in [5, 5.41) is 3.55. The number of imidazole rings is 1. The first-order chi connectivity index (χ1) is 6.79. The Balaban J connectivity index is 1.69. The lowest BCUT2D eigenvalue weighted by Crippen LogP contribution is -2.17. The molecule has 3 heteroatoms. The molecule has 0 aromatic carbocycles. The number of nitrogens with zero attached hydrogens (tertiary/aromatic N) is 1. The number of aromatic amines is 1. The van der Waals surface area contributed by atoms with E-state index in [1.54, 1.807) is 0 Å². The van der Waals surface area contributed by atoms with Crippen molar-refractivity contribution in [1.82, 2.24) is 15.3 Å². The number of H-pyrrole nitrogens is 1. The highest BCUT2D eigenvalue weighted by Gasteiger charge is 2.35. The monoisotopic (exact) mass is 193 g/mol. The van der Waals surface area contributed by atoms with Gasteiger partial charge in [0, 0.05) is 24.5 Å². The van der Waals surface area contributed by atoms with Gasteiger partial charge < -0.3 is 10.3 Å². The molecule has 1 aromatic heterocycles. The van der Waals surface area contributed by atoms with E-state index in [-0.39, 0.29) is 0 Å². The van der Waals surface area contributed by atoms with Gasteiger partial charge in [-0.3, -0.25) is 0 Å². The minimum atomic E-state index is 0.763. The zero-order valence-electron chi connectivity index (χ0n) is 9.01. The third-order valence-electron chi connectivity index (χ3n) is 2.89. The fourth-order valence-electron chi connectivity index (χ4n) is 1.99. The Morgan fingerprint density at radius 2 is 2.50 bits per heavy atom. The van der Waals surface area contributed by atoms with Gasteiger partial charge in [0.1, 0.15) is 5.82 Å². The lowest BCUT2D eigenvalue weighted by molar-refractivity contribution is 0.595. The maximum Gasteiger partial charge on any atom is 0.103 e. The third kappa shape index (κ3) is 2.35. The molecule has 0 aliphatic heterocycles. The number of rotatable bonds is 5. The predicted octanol–water partition coefficient (Wildman–Crippen LogP) is 2.00. The van der Waals surface area contributed by atoms with Gasteiger partial charge in [0.25, 0.3) is 0 Å². The van der Waals surface area contributed by atoms with Crippen molar-refractivity contribution < 1.29 is 0 Å². The van der Waals surface area contributed by atoms with E-state index in [0.717, 1.165) is 24.3 Å². The van der Waals surface area contributed by atoms with E-state index in [1.165, 1.54) is 25.0 Å². The smallest absolute Gasteiger partial charge is 0.103 e. The van der Waals surface area contributed by atoms with Gasteiger partial charge in [0.05, 0.1) is 0 Å². The molecule has 1 saturated carbocycles. The van der Waals surface area contributed by atoms with Crippen LogP contribution in [-0.4, -0.2) is 16.0 Å². The Bertz CT molecular complexity index is 292. The van der Waals surface area contributed by atoms with Crippen LogP contribution in [0.3, 0.4) is 0 Å². The van der Waals surface area contributed by atoms with Crippen LogP contribution >= 0.6 is 0 Å². The molecule has 1 aromatic rings. The number of hydrogen-bond donors (Lipinski definition) is 2. The van der Waals surface area contributed by atoms with Gasteiger partial charge in [-0.1, -0.05) is 13.3 Å². The van der Waals surface area contributed by atoms with Crippen LogP contribution < -0.4 is 5.32 Å². The minimum Gasteiger partial charge on any atom is -0.345 e. The van der Waals surface area contributed by atoms with Gasteiger partial charge >= 0.3 is 0 Å². The molecule has 3 nitrogen and oxygen atoms in total. The fraction of sp³-hybridized carbons (Fsp3) is 0.727. The molecule has 1 aliphatic rings. The minimum absolute atomic E-state index is 0.763. The van der Waals surface area contributed by atoms with E-state index >= 15 is 0 Å². The molecule has 0 spiro atoms. The zero-order valence-corrected chi connectivity index (χ0v) is 9.01. The van der Waals surface area contributed by atoms with E-state index < -0.39 is 0 Å². The molecule has 2 rings (SSSR count). The Morgan fingerprint density at radius 1 is 1.64 bits per heavy atom. The third-order valence-corrected chi connectivity index (χ3v) is 2.89. The lowest BCUT2D eigenvalue weighted by atomic mass is 10.2. The molecular weight excluding hydrogens is 174 g/mol. The fourth-order valence-corrected chi connectivity index (χ4v) is 1.99. The summed E-state index contributed by atoms with van der Waals surface area (Å²) in [6, 6.07) is 0.763. The summed E-state index contributed by atoms with van der Waals surface area (Å²) < 4.78 is 0. The predicted molar refractivity (Wildman–Crippen MR) is 57.0 cm³/mol. The molecule has 1 fully saturated rings. The topological polar surface area (TPSA) is 40.7 Å². The molecule has 14 heavy (non-hydrogen) atoms. The molecule has 0 bridgehead atoms. The first-order valence-corrected chi connectivity index (χ1v) is 5.53. The van der Waals surface area contributed by atoms with Gasteiger partial charge in [0.15, 0.2) is 0 Å². The summed E-state index contributed by atoms with van der Waals surface area (Å²) in [6.07, 6.45) is 5.96. The van der Waals surface area contributed by atoms with E-state index in [2.05, 4.69) is 22.2 Å². The van der Waals surface area contributed by atoms with Crippen molar-refractivity contribution in [3.63, 3.8) is 0 Å². The lowest BCUT2D eigenvalue weighted by Gasteiger charge is -2.00. The van der Waals surface area contributed by atoms with Crippen LogP contribution in [0, 0.1) is 12.8 Å². The van der Waals surface area contributed by atoms with E-state index in [4.69, 9.17) is 0 Å². The van der Waals surface area contributed by atoms with Crippen LogP contribution in [0.15, 0.2) is 6.20 Å². The van der Waals surface area contributed by atoms with Crippen LogP contribution in [0.1, 0.15) is 37.7 Å². The molecule has 0 radical (unpaired) electrons. The Morgan fingerprint density at radius 3 is 3.14 bits per heavy atom. The van der Waals surface area contributed by atoms with Crippen molar-refractivity contribution in [3.8, 4) is 0 Å². The summed E-state index contributed by atoms with van der Waals surface area (Å²) in [5.74, 6) is 1.94.